The molecule has 0 aliphatic heterocycles. The second-order valence-electron chi connectivity index (χ2n) is 3.55. The third-order valence-electron chi connectivity index (χ3n) is 2.63. The Morgan fingerprint density at radius 2 is 2.27 bits per heavy atom. The number of likely N-dealkylation sites (N-methyl/N-ethyl adjacent to an activating group) is 1. The number of aryl methyl sites for hydroxylation is 1. The van der Waals surface area contributed by atoms with Gasteiger partial charge in [0.2, 0.25) is 0 Å². The molecule has 0 fully saturated rings. The fourth-order valence-electron chi connectivity index (χ4n) is 1.74. The molecule has 0 bridgehead atoms. The van der Waals surface area contributed by atoms with Gasteiger partial charge in [-0.15, -0.1) is 0 Å². The highest BCUT2D eigenvalue weighted by atomic mass is 16.5. The van der Waals surface area contributed by atoms with Crippen molar-refractivity contribution in [2.45, 2.75) is 39.5 Å². The molecular formula is C11H21N3O. The van der Waals surface area contributed by atoms with Crippen LogP contribution >= 0.6 is 0 Å². The van der Waals surface area contributed by atoms with Crippen LogP contribution in [0.2, 0.25) is 0 Å². The maximum absolute atomic E-state index is 5.38. The molecule has 0 aliphatic carbocycles. The fourth-order valence-corrected chi connectivity index (χ4v) is 1.74. The lowest BCUT2D eigenvalue weighted by molar-refractivity contribution is 0.0806. The monoisotopic (exact) mass is 211 g/mol. The molecule has 4 nitrogen and oxygen atoms in total. The summed E-state index contributed by atoms with van der Waals surface area (Å²) in [5, 5.41) is 7.70. The number of rotatable bonds is 6. The lowest BCUT2D eigenvalue weighted by Crippen LogP contribution is -2.33. The molecule has 2 unspecified atom stereocenters. The van der Waals surface area contributed by atoms with E-state index in [1.165, 1.54) is 5.69 Å². The van der Waals surface area contributed by atoms with Gasteiger partial charge >= 0.3 is 0 Å². The average molecular weight is 211 g/mol. The van der Waals surface area contributed by atoms with Gasteiger partial charge in [-0.05, 0) is 26.5 Å². The Bertz CT molecular complexity index is 285. The van der Waals surface area contributed by atoms with Gasteiger partial charge in [-0.2, -0.15) is 5.10 Å². The Labute approximate surface area is 91.6 Å². The van der Waals surface area contributed by atoms with E-state index in [1.807, 2.05) is 16.9 Å². The van der Waals surface area contributed by atoms with E-state index in [-0.39, 0.29) is 12.1 Å². The second-order valence-corrected chi connectivity index (χ2v) is 3.55. The van der Waals surface area contributed by atoms with Crippen molar-refractivity contribution in [3.05, 3.63) is 18.0 Å². The highest BCUT2D eigenvalue weighted by Crippen LogP contribution is 2.18. The van der Waals surface area contributed by atoms with Crippen LogP contribution in [0.5, 0.6) is 0 Å². The molecule has 1 N–H and O–H groups in total. The molecule has 1 aromatic rings. The van der Waals surface area contributed by atoms with Crippen LogP contribution in [-0.4, -0.2) is 29.5 Å². The summed E-state index contributed by atoms with van der Waals surface area (Å²) in [6.45, 7) is 8.08. The van der Waals surface area contributed by atoms with E-state index in [1.54, 1.807) is 7.11 Å². The molecule has 15 heavy (non-hydrogen) atoms. The van der Waals surface area contributed by atoms with Crippen LogP contribution in [0.15, 0.2) is 12.3 Å². The second kappa shape index (κ2) is 5.88. The van der Waals surface area contributed by atoms with Gasteiger partial charge in [-0.1, -0.05) is 6.92 Å². The Balaban J connectivity index is 2.87. The number of methoxy groups -OCH3 is 1. The summed E-state index contributed by atoms with van der Waals surface area (Å²) in [7, 11) is 1.74. The van der Waals surface area contributed by atoms with Crippen molar-refractivity contribution < 1.29 is 4.74 Å². The lowest BCUT2D eigenvalue weighted by atomic mass is 10.1. The molecule has 0 aromatic carbocycles. The number of ether oxygens (including phenoxy) is 1. The van der Waals surface area contributed by atoms with Crippen LogP contribution in [0.25, 0.3) is 0 Å². The van der Waals surface area contributed by atoms with Crippen LogP contribution in [0, 0.1) is 0 Å². The Hall–Kier alpha value is -0.870. The van der Waals surface area contributed by atoms with Crippen molar-refractivity contribution in [2.75, 3.05) is 13.7 Å². The first-order chi connectivity index (χ1) is 7.24. The van der Waals surface area contributed by atoms with E-state index in [0.717, 1.165) is 13.1 Å². The van der Waals surface area contributed by atoms with E-state index in [0.29, 0.717) is 0 Å². The standard InChI is InChI=1S/C11H21N3O/c1-5-12-11(9(3)15-4)10-7-8-13-14(10)6-2/h7-9,11-12H,5-6H2,1-4H3. The van der Waals surface area contributed by atoms with Crippen molar-refractivity contribution >= 4 is 0 Å². The number of nitrogens with zero attached hydrogens (tertiary/aromatic N) is 2. The molecule has 2 atom stereocenters. The van der Waals surface area contributed by atoms with E-state index >= 15 is 0 Å². The lowest BCUT2D eigenvalue weighted by Gasteiger charge is -2.24. The van der Waals surface area contributed by atoms with Gasteiger partial charge in [0.25, 0.3) is 0 Å². The summed E-state index contributed by atoms with van der Waals surface area (Å²) in [4.78, 5) is 0. The maximum Gasteiger partial charge on any atom is 0.0755 e. The highest BCUT2D eigenvalue weighted by molar-refractivity contribution is 5.08. The molecule has 1 rings (SSSR count). The summed E-state index contributed by atoms with van der Waals surface area (Å²) in [5.41, 5.74) is 1.19. The summed E-state index contributed by atoms with van der Waals surface area (Å²) >= 11 is 0. The van der Waals surface area contributed by atoms with Crippen LogP contribution < -0.4 is 5.32 Å². The molecule has 1 heterocycles. The van der Waals surface area contributed by atoms with Crippen molar-refractivity contribution in [1.29, 1.82) is 0 Å². The first-order valence-electron chi connectivity index (χ1n) is 5.52. The van der Waals surface area contributed by atoms with Crippen molar-refractivity contribution in [3.8, 4) is 0 Å². The number of aromatic nitrogens is 2. The summed E-state index contributed by atoms with van der Waals surface area (Å²) in [6, 6.07) is 2.26. The SMILES string of the molecule is CCNC(c1ccnn1CC)C(C)OC. The molecule has 0 saturated heterocycles. The fraction of sp³-hybridized carbons (Fsp3) is 0.727. The van der Waals surface area contributed by atoms with Gasteiger partial charge < -0.3 is 10.1 Å². The highest BCUT2D eigenvalue weighted by Gasteiger charge is 2.20. The minimum atomic E-state index is 0.145. The summed E-state index contributed by atoms with van der Waals surface area (Å²) < 4.78 is 7.39. The van der Waals surface area contributed by atoms with E-state index in [9.17, 15) is 0 Å². The number of hydrogen-bond donors (Lipinski definition) is 1. The summed E-state index contributed by atoms with van der Waals surface area (Å²) in [6.07, 6.45) is 1.98. The van der Waals surface area contributed by atoms with Gasteiger partial charge in [0, 0.05) is 19.9 Å². The first-order valence-corrected chi connectivity index (χ1v) is 5.52. The van der Waals surface area contributed by atoms with E-state index in [4.69, 9.17) is 4.74 Å². The zero-order chi connectivity index (χ0) is 11.3. The molecule has 0 aliphatic rings. The van der Waals surface area contributed by atoms with E-state index in [2.05, 4.69) is 31.2 Å². The minimum Gasteiger partial charge on any atom is -0.380 e. The van der Waals surface area contributed by atoms with Gasteiger partial charge in [0.05, 0.1) is 17.8 Å². The van der Waals surface area contributed by atoms with E-state index < -0.39 is 0 Å². The van der Waals surface area contributed by atoms with Crippen molar-refractivity contribution in [3.63, 3.8) is 0 Å². The topological polar surface area (TPSA) is 39.1 Å². The number of nitrogens with one attached hydrogen (secondary N) is 1. The smallest absolute Gasteiger partial charge is 0.0755 e. The van der Waals surface area contributed by atoms with Crippen molar-refractivity contribution in [1.82, 2.24) is 15.1 Å². The molecule has 0 radical (unpaired) electrons. The predicted molar refractivity (Wildman–Crippen MR) is 60.8 cm³/mol. The quantitative estimate of drug-likeness (QED) is 0.776. The van der Waals surface area contributed by atoms with Crippen molar-refractivity contribution in [2.24, 2.45) is 0 Å². The largest absolute Gasteiger partial charge is 0.380 e. The van der Waals surface area contributed by atoms with Crippen LogP contribution in [-0.2, 0) is 11.3 Å². The third-order valence-corrected chi connectivity index (χ3v) is 2.63. The van der Waals surface area contributed by atoms with Gasteiger partial charge in [-0.3, -0.25) is 4.68 Å². The zero-order valence-electron chi connectivity index (χ0n) is 10.0. The van der Waals surface area contributed by atoms with Crippen LogP contribution in [0.4, 0.5) is 0 Å². The zero-order valence-corrected chi connectivity index (χ0v) is 10.0. The normalized spacial score (nSPS) is 15.2. The number of hydrogen-bond acceptors (Lipinski definition) is 3. The Morgan fingerprint density at radius 1 is 1.53 bits per heavy atom. The van der Waals surface area contributed by atoms with Crippen LogP contribution in [0.1, 0.15) is 32.5 Å². The molecule has 86 valence electrons. The van der Waals surface area contributed by atoms with Gasteiger partial charge in [0.15, 0.2) is 0 Å². The average Bonchev–Trinajstić information content (AvgIpc) is 2.72. The first kappa shape index (κ1) is 12.2. The molecule has 4 heteroatoms. The van der Waals surface area contributed by atoms with Gasteiger partial charge in [-0.25, -0.2) is 0 Å². The molecule has 0 spiro atoms. The van der Waals surface area contributed by atoms with Crippen LogP contribution in [0.3, 0.4) is 0 Å². The summed E-state index contributed by atoms with van der Waals surface area (Å²) in [5.74, 6) is 0. The predicted octanol–water partition coefficient (Wildman–Crippen LogP) is 1.59. The molecule has 1 aromatic heterocycles. The maximum atomic E-state index is 5.38. The molecule has 0 amide bonds. The molecule has 0 saturated carbocycles. The Kier molecular flexibility index (Phi) is 4.78. The van der Waals surface area contributed by atoms with Gasteiger partial charge in [0.1, 0.15) is 0 Å². The third kappa shape index (κ3) is 2.79. The minimum absolute atomic E-state index is 0.145. The Morgan fingerprint density at radius 3 is 2.80 bits per heavy atom. The molecular weight excluding hydrogens is 190 g/mol.